The number of nitrogens with one attached hydrogen (secondary N) is 1. The third kappa shape index (κ3) is 3.37. The molecule has 6 nitrogen and oxygen atoms in total. The number of fused-ring (bicyclic) bond motifs is 2. The number of hydrogen-bond acceptors (Lipinski definition) is 6. The van der Waals surface area contributed by atoms with Crippen molar-refractivity contribution in [2.45, 2.75) is 25.7 Å². The van der Waals surface area contributed by atoms with Crippen LogP contribution in [-0.4, -0.2) is 12.7 Å². The highest BCUT2D eigenvalue weighted by Crippen LogP contribution is 2.39. The van der Waals surface area contributed by atoms with Crippen molar-refractivity contribution < 1.29 is 14.3 Å². The van der Waals surface area contributed by atoms with E-state index in [4.69, 9.17) is 9.47 Å². The van der Waals surface area contributed by atoms with E-state index in [1.165, 1.54) is 17.4 Å². The van der Waals surface area contributed by atoms with E-state index in [0.717, 1.165) is 36.1 Å². The lowest BCUT2D eigenvalue weighted by Crippen LogP contribution is -2.13. The Hall–Kier alpha value is -2.81. The molecule has 0 atom stereocenters. The quantitative estimate of drug-likeness (QED) is 0.541. The molecule has 1 aliphatic heterocycles. The highest BCUT2D eigenvalue weighted by atomic mass is 79.9. The van der Waals surface area contributed by atoms with Crippen molar-refractivity contribution in [1.29, 1.82) is 10.5 Å². The van der Waals surface area contributed by atoms with Crippen LogP contribution in [0, 0.1) is 22.7 Å². The lowest BCUT2D eigenvalue weighted by atomic mass is 9.96. The summed E-state index contributed by atoms with van der Waals surface area (Å²) in [4.78, 5) is 13.9. The summed E-state index contributed by atoms with van der Waals surface area (Å²) in [6, 6.07) is 7.60. The molecule has 2 aliphatic rings. The maximum Gasteiger partial charge on any atom is 0.266 e. The van der Waals surface area contributed by atoms with E-state index in [1.807, 2.05) is 6.07 Å². The molecule has 1 amide bonds. The number of ether oxygens (including phenoxy) is 2. The van der Waals surface area contributed by atoms with Gasteiger partial charge in [0.15, 0.2) is 11.5 Å². The summed E-state index contributed by atoms with van der Waals surface area (Å²) in [7, 11) is 0. The molecule has 0 saturated carbocycles. The van der Waals surface area contributed by atoms with Gasteiger partial charge < -0.3 is 14.8 Å². The van der Waals surface area contributed by atoms with Crippen LogP contribution in [0.5, 0.6) is 11.5 Å². The van der Waals surface area contributed by atoms with Crippen LogP contribution in [0.15, 0.2) is 22.2 Å². The van der Waals surface area contributed by atoms with Gasteiger partial charge in [-0.25, -0.2) is 0 Å². The second-order valence-electron chi connectivity index (χ2n) is 6.38. The van der Waals surface area contributed by atoms with E-state index in [-0.39, 0.29) is 12.4 Å². The maximum atomic E-state index is 12.7. The first kappa shape index (κ1) is 18.5. The highest BCUT2D eigenvalue weighted by molar-refractivity contribution is 9.10. The SMILES string of the molecule is N#C/C(=C/c1cc2c(cc1Br)OCO2)C(=O)Nc1sc2c(c1C#N)CCCC2. The van der Waals surface area contributed by atoms with Gasteiger partial charge in [0.05, 0.1) is 5.56 Å². The molecule has 1 aliphatic carbocycles. The molecule has 4 rings (SSSR count). The van der Waals surface area contributed by atoms with E-state index in [0.29, 0.717) is 32.1 Å². The number of anilines is 1. The van der Waals surface area contributed by atoms with Crippen molar-refractivity contribution in [2.24, 2.45) is 0 Å². The Kier molecular flexibility index (Phi) is 5.08. The average Bonchev–Trinajstić information content (AvgIpc) is 3.28. The van der Waals surface area contributed by atoms with Crippen LogP contribution in [0.4, 0.5) is 5.00 Å². The van der Waals surface area contributed by atoms with Gasteiger partial charge >= 0.3 is 0 Å². The summed E-state index contributed by atoms with van der Waals surface area (Å²) >= 11 is 4.85. The number of hydrogen-bond donors (Lipinski definition) is 1. The van der Waals surface area contributed by atoms with Crippen molar-refractivity contribution in [3.05, 3.63) is 43.7 Å². The fourth-order valence-electron chi connectivity index (χ4n) is 3.29. The van der Waals surface area contributed by atoms with Gasteiger partial charge in [0.2, 0.25) is 6.79 Å². The molecule has 0 bridgehead atoms. The topological polar surface area (TPSA) is 95.1 Å². The monoisotopic (exact) mass is 455 g/mol. The minimum atomic E-state index is -0.540. The van der Waals surface area contributed by atoms with Crippen LogP contribution in [0.3, 0.4) is 0 Å². The van der Waals surface area contributed by atoms with Gasteiger partial charge in [-0.15, -0.1) is 11.3 Å². The van der Waals surface area contributed by atoms with Crippen LogP contribution in [0.1, 0.15) is 34.4 Å². The van der Waals surface area contributed by atoms with Gasteiger partial charge in [-0.05, 0) is 55.0 Å². The Labute approximate surface area is 174 Å². The average molecular weight is 456 g/mol. The third-order valence-corrected chi connectivity index (χ3v) is 6.56. The smallest absolute Gasteiger partial charge is 0.266 e. The Bertz CT molecular complexity index is 1090. The lowest BCUT2D eigenvalue weighted by molar-refractivity contribution is -0.112. The van der Waals surface area contributed by atoms with E-state index < -0.39 is 5.91 Å². The highest BCUT2D eigenvalue weighted by Gasteiger charge is 2.23. The van der Waals surface area contributed by atoms with Crippen molar-refractivity contribution in [3.63, 3.8) is 0 Å². The Morgan fingerprint density at radius 1 is 1.21 bits per heavy atom. The van der Waals surface area contributed by atoms with E-state index in [1.54, 1.807) is 12.1 Å². The summed E-state index contributed by atoms with van der Waals surface area (Å²) in [6.07, 6.45) is 5.41. The number of rotatable bonds is 3. The number of nitriles is 2. The van der Waals surface area contributed by atoms with Crippen LogP contribution in [0.25, 0.3) is 6.08 Å². The minimum absolute atomic E-state index is 0.0603. The van der Waals surface area contributed by atoms with Crippen LogP contribution in [-0.2, 0) is 17.6 Å². The normalized spacial score (nSPS) is 14.8. The van der Waals surface area contributed by atoms with Gasteiger partial charge in [0.25, 0.3) is 5.91 Å². The van der Waals surface area contributed by atoms with Crippen LogP contribution in [0.2, 0.25) is 0 Å². The first-order valence-electron chi connectivity index (χ1n) is 8.67. The Morgan fingerprint density at radius 2 is 1.96 bits per heavy atom. The zero-order valence-corrected chi connectivity index (χ0v) is 17.1. The molecule has 0 radical (unpaired) electrons. The predicted octanol–water partition coefficient (Wildman–Crippen LogP) is 4.54. The number of carbonyl (C=O) groups is 1. The lowest BCUT2D eigenvalue weighted by Gasteiger charge is -2.09. The zero-order valence-electron chi connectivity index (χ0n) is 14.7. The second-order valence-corrected chi connectivity index (χ2v) is 8.34. The van der Waals surface area contributed by atoms with E-state index in [2.05, 4.69) is 27.3 Å². The molecule has 0 spiro atoms. The number of aryl methyl sites for hydroxylation is 1. The molecule has 0 unspecified atom stereocenters. The number of halogens is 1. The number of nitrogens with zero attached hydrogens (tertiary/aromatic N) is 2. The molecule has 1 aromatic carbocycles. The van der Waals surface area contributed by atoms with Crippen molar-refractivity contribution in [3.8, 4) is 23.6 Å². The minimum Gasteiger partial charge on any atom is -0.454 e. The third-order valence-electron chi connectivity index (χ3n) is 4.67. The summed E-state index contributed by atoms with van der Waals surface area (Å²) in [5.41, 5.74) is 2.13. The van der Waals surface area contributed by atoms with E-state index in [9.17, 15) is 15.3 Å². The maximum absolute atomic E-state index is 12.7. The first-order chi connectivity index (χ1) is 13.6. The van der Waals surface area contributed by atoms with Gasteiger partial charge in [-0.3, -0.25) is 4.79 Å². The molecule has 0 fully saturated rings. The summed E-state index contributed by atoms with van der Waals surface area (Å²) in [6.45, 7) is 0.139. The first-order valence-corrected chi connectivity index (χ1v) is 10.3. The molecule has 0 saturated heterocycles. The molecule has 28 heavy (non-hydrogen) atoms. The molecule has 8 heteroatoms. The Morgan fingerprint density at radius 3 is 2.71 bits per heavy atom. The molecular weight excluding hydrogens is 442 g/mol. The standard InChI is InChI=1S/C20H14BrN3O3S/c21-15-7-17-16(26-10-27-17)6-11(15)5-12(8-22)19(25)24-20-14(9-23)13-3-1-2-4-18(13)28-20/h5-7H,1-4,10H2,(H,24,25)/b12-5-. The molecule has 140 valence electrons. The van der Waals surface area contributed by atoms with Gasteiger partial charge in [0, 0.05) is 9.35 Å². The van der Waals surface area contributed by atoms with Gasteiger partial charge in [-0.1, -0.05) is 15.9 Å². The number of carbonyl (C=O) groups excluding carboxylic acids is 1. The zero-order chi connectivity index (χ0) is 19.7. The molecule has 2 aromatic rings. The number of benzene rings is 1. The van der Waals surface area contributed by atoms with Gasteiger partial charge in [0.1, 0.15) is 22.7 Å². The second kappa shape index (κ2) is 7.67. The fraction of sp³-hybridized carbons (Fsp3) is 0.250. The van der Waals surface area contributed by atoms with Gasteiger partial charge in [-0.2, -0.15) is 10.5 Å². The molecular formula is C20H14BrN3O3S. The summed E-state index contributed by atoms with van der Waals surface area (Å²) in [5.74, 6) is 0.627. The largest absolute Gasteiger partial charge is 0.454 e. The number of amides is 1. The van der Waals surface area contributed by atoms with Crippen molar-refractivity contribution in [2.75, 3.05) is 12.1 Å². The van der Waals surface area contributed by atoms with Crippen molar-refractivity contribution in [1.82, 2.24) is 0 Å². The Balaban J connectivity index is 1.63. The predicted molar refractivity (Wildman–Crippen MR) is 108 cm³/mol. The van der Waals surface area contributed by atoms with Crippen LogP contribution < -0.4 is 14.8 Å². The van der Waals surface area contributed by atoms with Crippen molar-refractivity contribution >= 4 is 44.3 Å². The number of thiophene rings is 1. The molecule has 1 N–H and O–H groups in total. The fourth-order valence-corrected chi connectivity index (χ4v) is 4.96. The summed E-state index contributed by atoms with van der Waals surface area (Å²) < 4.78 is 11.3. The summed E-state index contributed by atoms with van der Waals surface area (Å²) in [5, 5.41) is 22.3. The molecule has 2 heterocycles. The molecule has 1 aromatic heterocycles. The van der Waals surface area contributed by atoms with E-state index >= 15 is 0 Å². The van der Waals surface area contributed by atoms with Crippen LogP contribution >= 0.6 is 27.3 Å².